The number of piperidine rings is 1. The zero-order valence-corrected chi connectivity index (χ0v) is 18.3. The van der Waals surface area contributed by atoms with Gasteiger partial charge in [0.1, 0.15) is 18.2 Å². The average molecular weight is 452 g/mol. The number of aliphatic hydroxyl groups is 1. The summed E-state index contributed by atoms with van der Waals surface area (Å²) >= 11 is 0. The minimum Gasteiger partial charge on any atom is -0.445 e. The number of rotatable bonds is 6. The van der Waals surface area contributed by atoms with Crippen LogP contribution >= 0.6 is 0 Å². The number of carbonyl (C=O) groups is 1. The van der Waals surface area contributed by atoms with Crippen LogP contribution in [0.1, 0.15) is 41.0 Å². The van der Waals surface area contributed by atoms with E-state index >= 15 is 0 Å². The topological polar surface area (TPSA) is 49.8 Å². The van der Waals surface area contributed by atoms with Crippen molar-refractivity contribution in [2.45, 2.75) is 32.0 Å². The van der Waals surface area contributed by atoms with Gasteiger partial charge in [0, 0.05) is 19.0 Å². The molecule has 1 aliphatic rings. The number of amides is 1. The summed E-state index contributed by atoms with van der Waals surface area (Å²) in [4.78, 5) is 14.3. The van der Waals surface area contributed by atoms with Crippen molar-refractivity contribution in [3.8, 4) is 0 Å². The zero-order chi connectivity index (χ0) is 23.2. The minimum atomic E-state index is -0.347. The Bertz CT molecular complexity index is 999. The molecule has 1 saturated heterocycles. The second-order valence-electron chi connectivity index (χ2n) is 8.43. The molecular weight excluding hydrogens is 424 g/mol. The molecule has 0 aromatic heterocycles. The van der Waals surface area contributed by atoms with Crippen LogP contribution in [0.2, 0.25) is 0 Å². The Kier molecular flexibility index (Phi) is 7.35. The maximum absolute atomic E-state index is 13.5. The molecule has 4 rings (SSSR count). The predicted octanol–water partition coefficient (Wildman–Crippen LogP) is 5.64. The van der Waals surface area contributed by atoms with Gasteiger partial charge in [0.25, 0.3) is 0 Å². The quantitative estimate of drug-likeness (QED) is 0.528. The molecule has 0 saturated carbocycles. The van der Waals surface area contributed by atoms with Crippen molar-refractivity contribution in [2.24, 2.45) is 5.92 Å². The maximum atomic E-state index is 13.5. The minimum absolute atomic E-state index is 0.00518. The summed E-state index contributed by atoms with van der Waals surface area (Å²) in [6.07, 6.45) is 1.18. The van der Waals surface area contributed by atoms with Crippen LogP contribution in [0, 0.1) is 17.6 Å². The number of likely N-dealkylation sites (tertiary alicyclic amines) is 1. The molecular formula is C27H27F2NO3. The van der Waals surface area contributed by atoms with Crippen molar-refractivity contribution in [1.29, 1.82) is 0 Å². The maximum Gasteiger partial charge on any atom is 0.410 e. The molecule has 1 amide bonds. The van der Waals surface area contributed by atoms with Gasteiger partial charge in [-0.3, -0.25) is 0 Å². The van der Waals surface area contributed by atoms with Gasteiger partial charge >= 0.3 is 6.09 Å². The molecule has 172 valence electrons. The van der Waals surface area contributed by atoms with Gasteiger partial charge in [-0.05, 0) is 65.3 Å². The first-order valence-electron chi connectivity index (χ1n) is 11.1. The fourth-order valence-corrected chi connectivity index (χ4v) is 4.47. The number of hydrogen-bond donors (Lipinski definition) is 1. The molecule has 1 aliphatic heterocycles. The number of halogens is 2. The van der Waals surface area contributed by atoms with Crippen molar-refractivity contribution >= 4 is 6.09 Å². The van der Waals surface area contributed by atoms with Gasteiger partial charge in [-0.1, -0.05) is 48.5 Å². The first-order chi connectivity index (χ1) is 16.0. The van der Waals surface area contributed by atoms with E-state index in [9.17, 15) is 13.6 Å². The van der Waals surface area contributed by atoms with Gasteiger partial charge in [-0.15, -0.1) is 0 Å². The standard InChI is InChI=1S/C27H27F2NO3/c28-24-9-5-21(6-10-24)26(22-7-11-25(29)12-8-22)23-13-15-30(16-14-23)27(32)33-18-20-3-1-19(17-31)2-4-20/h1-12,23,26,31H,13-18H2. The number of hydrogen-bond acceptors (Lipinski definition) is 3. The Hall–Kier alpha value is -3.25. The molecule has 0 unspecified atom stereocenters. The summed E-state index contributed by atoms with van der Waals surface area (Å²) < 4.78 is 32.5. The Morgan fingerprint density at radius 1 is 0.848 bits per heavy atom. The molecule has 0 atom stereocenters. The van der Waals surface area contributed by atoms with Crippen molar-refractivity contribution in [3.05, 3.63) is 107 Å². The van der Waals surface area contributed by atoms with Crippen LogP contribution in [-0.4, -0.2) is 29.2 Å². The lowest BCUT2D eigenvalue weighted by molar-refractivity contribution is 0.0808. The molecule has 0 aliphatic carbocycles. The fourth-order valence-electron chi connectivity index (χ4n) is 4.47. The van der Waals surface area contributed by atoms with Crippen LogP contribution in [0.3, 0.4) is 0 Å². The number of nitrogens with zero attached hydrogens (tertiary/aromatic N) is 1. The lowest BCUT2D eigenvalue weighted by Crippen LogP contribution is -2.40. The van der Waals surface area contributed by atoms with Gasteiger partial charge in [-0.2, -0.15) is 0 Å². The average Bonchev–Trinajstić information content (AvgIpc) is 2.86. The third-order valence-electron chi connectivity index (χ3n) is 6.30. The van der Waals surface area contributed by atoms with Crippen LogP contribution in [0.25, 0.3) is 0 Å². The largest absolute Gasteiger partial charge is 0.445 e. The molecule has 3 aromatic rings. The van der Waals surface area contributed by atoms with E-state index in [1.54, 1.807) is 41.3 Å². The van der Waals surface area contributed by atoms with Gasteiger partial charge < -0.3 is 14.7 Å². The number of carbonyl (C=O) groups excluding carboxylic acids is 1. The van der Waals surface area contributed by atoms with E-state index in [2.05, 4.69) is 0 Å². The molecule has 0 radical (unpaired) electrons. The highest BCUT2D eigenvalue weighted by atomic mass is 19.1. The van der Waals surface area contributed by atoms with Gasteiger partial charge in [0.2, 0.25) is 0 Å². The van der Waals surface area contributed by atoms with Crippen LogP contribution < -0.4 is 0 Å². The lowest BCUT2D eigenvalue weighted by atomic mass is 9.76. The van der Waals surface area contributed by atoms with E-state index < -0.39 is 0 Å². The molecule has 6 heteroatoms. The Labute approximate surface area is 192 Å². The lowest BCUT2D eigenvalue weighted by Gasteiger charge is -2.36. The summed E-state index contributed by atoms with van der Waals surface area (Å²) in [7, 11) is 0. The Morgan fingerprint density at radius 3 is 1.82 bits per heavy atom. The van der Waals surface area contributed by atoms with Crippen molar-refractivity contribution in [1.82, 2.24) is 4.90 Å². The van der Waals surface area contributed by atoms with Crippen molar-refractivity contribution < 1.29 is 23.4 Å². The second-order valence-corrected chi connectivity index (χ2v) is 8.43. The third kappa shape index (κ3) is 5.76. The van der Waals surface area contributed by atoms with E-state index in [-0.39, 0.29) is 42.8 Å². The molecule has 1 N–H and O–H groups in total. The third-order valence-corrected chi connectivity index (χ3v) is 6.30. The number of benzene rings is 3. The zero-order valence-electron chi connectivity index (χ0n) is 18.3. The summed E-state index contributed by atoms with van der Waals surface area (Å²) in [6.45, 7) is 1.28. The highest BCUT2D eigenvalue weighted by Crippen LogP contribution is 2.38. The molecule has 33 heavy (non-hydrogen) atoms. The van der Waals surface area contributed by atoms with Gasteiger partial charge in [-0.25, -0.2) is 13.6 Å². The van der Waals surface area contributed by atoms with E-state index in [1.165, 1.54) is 24.3 Å². The molecule has 3 aromatic carbocycles. The monoisotopic (exact) mass is 451 g/mol. The van der Waals surface area contributed by atoms with Crippen LogP contribution in [0.4, 0.5) is 13.6 Å². The van der Waals surface area contributed by atoms with E-state index in [4.69, 9.17) is 9.84 Å². The van der Waals surface area contributed by atoms with Gasteiger partial charge in [0.15, 0.2) is 0 Å². The fraction of sp³-hybridized carbons (Fsp3) is 0.296. The Morgan fingerprint density at radius 2 is 1.33 bits per heavy atom. The second kappa shape index (κ2) is 10.6. The first-order valence-corrected chi connectivity index (χ1v) is 11.1. The van der Waals surface area contributed by atoms with E-state index in [0.717, 1.165) is 35.1 Å². The summed E-state index contributed by atoms with van der Waals surface area (Å²) in [5.41, 5.74) is 3.64. The molecule has 0 bridgehead atoms. The van der Waals surface area contributed by atoms with Crippen molar-refractivity contribution in [2.75, 3.05) is 13.1 Å². The number of aliphatic hydroxyl groups excluding tert-OH is 1. The number of ether oxygens (including phenoxy) is 1. The summed E-state index contributed by atoms with van der Waals surface area (Å²) in [6, 6.07) is 20.2. The predicted molar refractivity (Wildman–Crippen MR) is 121 cm³/mol. The first kappa shape index (κ1) is 22.9. The van der Waals surface area contributed by atoms with Crippen LogP contribution in [-0.2, 0) is 18.0 Å². The highest BCUT2D eigenvalue weighted by Gasteiger charge is 2.31. The SMILES string of the molecule is O=C(OCc1ccc(CO)cc1)N1CCC(C(c2ccc(F)cc2)c2ccc(F)cc2)CC1. The Balaban J connectivity index is 1.39. The molecule has 4 nitrogen and oxygen atoms in total. The smallest absolute Gasteiger partial charge is 0.410 e. The van der Waals surface area contributed by atoms with Crippen molar-refractivity contribution in [3.63, 3.8) is 0 Å². The summed E-state index contributed by atoms with van der Waals surface area (Å²) in [5, 5.41) is 9.12. The van der Waals surface area contributed by atoms with Gasteiger partial charge in [0.05, 0.1) is 6.61 Å². The van der Waals surface area contributed by atoms with E-state index in [1.807, 2.05) is 12.1 Å². The molecule has 0 spiro atoms. The van der Waals surface area contributed by atoms with Crippen LogP contribution in [0.5, 0.6) is 0 Å². The molecule has 1 heterocycles. The highest BCUT2D eigenvalue weighted by molar-refractivity contribution is 5.67. The van der Waals surface area contributed by atoms with E-state index in [0.29, 0.717) is 13.1 Å². The van der Waals surface area contributed by atoms with Crippen LogP contribution in [0.15, 0.2) is 72.8 Å². The normalized spacial score (nSPS) is 14.5. The molecule has 1 fully saturated rings. The summed E-state index contributed by atoms with van der Waals surface area (Å²) in [5.74, 6) is -0.356.